The van der Waals surface area contributed by atoms with E-state index in [4.69, 9.17) is 0 Å². The maximum Gasteiger partial charge on any atom is 0.0237 e. The number of nitrogens with zero attached hydrogens (tertiary/aromatic N) is 1. The first kappa shape index (κ1) is 21.1. The normalized spacial score (nSPS) is 12.1. The van der Waals surface area contributed by atoms with E-state index in [1.165, 1.54) is 27.8 Å². The van der Waals surface area contributed by atoms with Crippen LogP contribution in [-0.4, -0.2) is 11.4 Å². The summed E-state index contributed by atoms with van der Waals surface area (Å²) in [5.74, 6) is 0.491. The van der Waals surface area contributed by atoms with Crippen molar-refractivity contribution in [1.82, 2.24) is 4.90 Å². The molecule has 0 amide bonds. The topological polar surface area (TPSA) is 3.24 Å². The first-order valence-electron chi connectivity index (χ1n) is 11.2. The molecule has 0 N–H and O–H groups in total. The Balaban J connectivity index is 1.49. The lowest BCUT2D eigenvalue weighted by molar-refractivity contribution is 0.248. The molecule has 0 aliphatic heterocycles. The average molecular weight is 406 g/mol. The summed E-state index contributed by atoms with van der Waals surface area (Å²) in [7, 11) is 0. The summed E-state index contributed by atoms with van der Waals surface area (Å²) in [5.41, 5.74) is 6.84. The van der Waals surface area contributed by atoms with Gasteiger partial charge in [0.2, 0.25) is 0 Å². The van der Waals surface area contributed by atoms with Crippen LogP contribution in [0.15, 0.2) is 115 Å². The van der Waals surface area contributed by atoms with Gasteiger partial charge in [-0.15, -0.1) is 0 Å². The van der Waals surface area contributed by atoms with Crippen LogP contribution in [0.5, 0.6) is 0 Å². The van der Waals surface area contributed by atoms with Gasteiger partial charge in [0, 0.05) is 13.1 Å². The molecule has 0 heterocycles. The summed E-state index contributed by atoms with van der Waals surface area (Å²) in [6.07, 6.45) is 1.13. The van der Waals surface area contributed by atoms with Crippen molar-refractivity contribution in [2.24, 2.45) is 0 Å². The van der Waals surface area contributed by atoms with Gasteiger partial charge in [-0.1, -0.05) is 122 Å². The predicted octanol–water partition coefficient (Wildman–Crippen LogP) is 7.55. The molecule has 0 aliphatic rings. The van der Waals surface area contributed by atoms with Crippen LogP contribution in [0.3, 0.4) is 0 Å². The molecule has 0 bridgehead atoms. The van der Waals surface area contributed by atoms with E-state index >= 15 is 0 Å². The molecule has 4 aromatic rings. The standard InChI is InChI=1S/C30H31N/c1-25(29-19-11-12-20-30(29)28-17-9-4-10-18-28)21-22-31(23-26-13-5-2-6-14-26)24-27-15-7-3-8-16-27/h2-20,25H,21-24H2,1H3. The maximum atomic E-state index is 2.58. The molecular weight excluding hydrogens is 374 g/mol. The van der Waals surface area contributed by atoms with Crippen LogP contribution in [0.1, 0.15) is 36.0 Å². The summed E-state index contributed by atoms with van der Waals surface area (Å²) in [6, 6.07) is 41.3. The molecule has 0 aromatic heterocycles. The highest BCUT2D eigenvalue weighted by Gasteiger charge is 2.14. The molecule has 4 aromatic carbocycles. The largest absolute Gasteiger partial charge is 0.295 e. The van der Waals surface area contributed by atoms with E-state index in [1.807, 2.05) is 0 Å². The monoisotopic (exact) mass is 405 g/mol. The summed E-state index contributed by atoms with van der Waals surface area (Å²) in [4.78, 5) is 2.58. The Labute approximate surface area is 187 Å². The second kappa shape index (κ2) is 10.7. The lowest BCUT2D eigenvalue weighted by atomic mass is 9.89. The summed E-state index contributed by atoms with van der Waals surface area (Å²) in [6.45, 7) is 5.38. The molecule has 0 fully saturated rings. The van der Waals surface area contributed by atoms with Crippen molar-refractivity contribution in [3.8, 4) is 11.1 Å². The van der Waals surface area contributed by atoms with Gasteiger partial charge in [0.05, 0.1) is 0 Å². The fourth-order valence-corrected chi connectivity index (χ4v) is 4.24. The minimum absolute atomic E-state index is 0.491. The summed E-state index contributed by atoms with van der Waals surface area (Å²) in [5, 5.41) is 0. The molecule has 0 radical (unpaired) electrons. The smallest absolute Gasteiger partial charge is 0.0237 e. The average Bonchev–Trinajstić information content (AvgIpc) is 2.84. The molecular formula is C30H31N. The van der Waals surface area contributed by atoms with Crippen molar-refractivity contribution < 1.29 is 0 Å². The maximum absolute atomic E-state index is 2.58. The summed E-state index contributed by atoms with van der Waals surface area (Å²) < 4.78 is 0. The minimum atomic E-state index is 0.491. The van der Waals surface area contributed by atoms with E-state index in [9.17, 15) is 0 Å². The SMILES string of the molecule is CC(CCN(Cc1ccccc1)Cc1ccccc1)c1ccccc1-c1ccccc1. The zero-order valence-electron chi connectivity index (χ0n) is 18.3. The van der Waals surface area contributed by atoms with Crippen LogP contribution in [-0.2, 0) is 13.1 Å². The Morgan fingerprint density at radius 2 is 1.06 bits per heavy atom. The lowest BCUT2D eigenvalue weighted by Gasteiger charge is -2.25. The van der Waals surface area contributed by atoms with E-state index in [0.29, 0.717) is 5.92 Å². The first-order chi connectivity index (χ1) is 15.3. The van der Waals surface area contributed by atoms with Crippen LogP contribution in [0, 0.1) is 0 Å². The van der Waals surface area contributed by atoms with Crippen molar-refractivity contribution >= 4 is 0 Å². The van der Waals surface area contributed by atoms with Gasteiger partial charge in [-0.2, -0.15) is 0 Å². The quantitative estimate of drug-likeness (QED) is 0.278. The molecule has 31 heavy (non-hydrogen) atoms. The Morgan fingerprint density at radius 1 is 0.581 bits per heavy atom. The molecule has 1 nitrogen and oxygen atoms in total. The number of hydrogen-bond acceptors (Lipinski definition) is 1. The van der Waals surface area contributed by atoms with Crippen LogP contribution in [0.4, 0.5) is 0 Å². The van der Waals surface area contributed by atoms with E-state index < -0.39 is 0 Å². The van der Waals surface area contributed by atoms with Crippen LogP contribution < -0.4 is 0 Å². The van der Waals surface area contributed by atoms with Gasteiger partial charge in [0.15, 0.2) is 0 Å². The third-order valence-electron chi connectivity index (χ3n) is 5.95. The third-order valence-corrected chi connectivity index (χ3v) is 5.95. The van der Waals surface area contributed by atoms with Gasteiger partial charge in [-0.3, -0.25) is 4.90 Å². The first-order valence-corrected chi connectivity index (χ1v) is 11.2. The van der Waals surface area contributed by atoms with Gasteiger partial charge in [-0.25, -0.2) is 0 Å². The molecule has 1 unspecified atom stereocenters. The molecule has 4 rings (SSSR count). The lowest BCUT2D eigenvalue weighted by Crippen LogP contribution is -2.25. The van der Waals surface area contributed by atoms with E-state index in [2.05, 4.69) is 127 Å². The molecule has 0 aliphatic carbocycles. The van der Waals surface area contributed by atoms with Crippen molar-refractivity contribution in [3.63, 3.8) is 0 Å². The van der Waals surface area contributed by atoms with Crippen molar-refractivity contribution in [2.75, 3.05) is 6.54 Å². The highest BCUT2D eigenvalue weighted by molar-refractivity contribution is 5.67. The Bertz CT molecular complexity index is 1000. The Kier molecular flexibility index (Phi) is 7.31. The van der Waals surface area contributed by atoms with E-state index in [1.54, 1.807) is 0 Å². The third kappa shape index (κ3) is 5.93. The molecule has 0 saturated carbocycles. The zero-order chi connectivity index (χ0) is 21.3. The van der Waals surface area contributed by atoms with Crippen LogP contribution in [0.25, 0.3) is 11.1 Å². The molecule has 156 valence electrons. The zero-order valence-corrected chi connectivity index (χ0v) is 18.3. The molecule has 1 heteroatoms. The van der Waals surface area contributed by atoms with Gasteiger partial charge in [0.1, 0.15) is 0 Å². The number of benzene rings is 4. The van der Waals surface area contributed by atoms with E-state index in [-0.39, 0.29) is 0 Å². The number of rotatable bonds is 9. The van der Waals surface area contributed by atoms with Gasteiger partial charge in [0.25, 0.3) is 0 Å². The van der Waals surface area contributed by atoms with Crippen molar-refractivity contribution in [1.29, 1.82) is 0 Å². The van der Waals surface area contributed by atoms with Crippen molar-refractivity contribution in [2.45, 2.75) is 32.4 Å². The molecule has 0 spiro atoms. The molecule has 0 saturated heterocycles. The summed E-state index contributed by atoms with van der Waals surface area (Å²) >= 11 is 0. The predicted molar refractivity (Wildman–Crippen MR) is 132 cm³/mol. The van der Waals surface area contributed by atoms with Gasteiger partial charge in [-0.05, 0) is 46.7 Å². The Hall–Kier alpha value is -3.16. The van der Waals surface area contributed by atoms with Gasteiger partial charge < -0.3 is 0 Å². The van der Waals surface area contributed by atoms with Crippen LogP contribution in [0.2, 0.25) is 0 Å². The van der Waals surface area contributed by atoms with Crippen molar-refractivity contribution in [3.05, 3.63) is 132 Å². The highest BCUT2D eigenvalue weighted by atomic mass is 15.1. The second-order valence-electron chi connectivity index (χ2n) is 8.32. The Morgan fingerprint density at radius 3 is 1.65 bits per heavy atom. The van der Waals surface area contributed by atoms with Crippen LogP contribution >= 0.6 is 0 Å². The minimum Gasteiger partial charge on any atom is -0.295 e. The highest BCUT2D eigenvalue weighted by Crippen LogP contribution is 2.31. The second-order valence-corrected chi connectivity index (χ2v) is 8.32. The molecule has 1 atom stereocenters. The number of hydrogen-bond donors (Lipinski definition) is 0. The van der Waals surface area contributed by atoms with Gasteiger partial charge >= 0.3 is 0 Å². The fourth-order valence-electron chi connectivity index (χ4n) is 4.24. The fraction of sp³-hybridized carbons (Fsp3) is 0.200. The van der Waals surface area contributed by atoms with E-state index in [0.717, 1.165) is 26.1 Å².